The second kappa shape index (κ2) is 9.34. The standard InChI is InChI=1S/C16H27N3O2/c1-5-17-15-11-13(10-14(19-15)12(2)3)16(20)18-8-6-7-9-21-4/h10-12H,5-9H2,1-4H3,(H,17,19)(H,18,20). The van der Waals surface area contributed by atoms with Gasteiger partial charge in [-0.1, -0.05) is 13.8 Å². The molecule has 118 valence electrons. The number of hydrogen-bond donors (Lipinski definition) is 2. The van der Waals surface area contributed by atoms with Gasteiger partial charge in [-0.15, -0.1) is 0 Å². The molecule has 0 aliphatic rings. The Kier molecular flexibility index (Phi) is 7.75. The van der Waals surface area contributed by atoms with Gasteiger partial charge in [0.1, 0.15) is 5.82 Å². The Morgan fingerprint density at radius 3 is 2.71 bits per heavy atom. The first-order valence-electron chi connectivity index (χ1n) is 7.61. The number of ether oxygens (including phenoxy) is 1. The molecule has 21 heavy (non-hydrogen) atoms. The number of nitrogens with zero attached hydrogens (tertiary/aromatic N) is 1. The zero-order chi connectivity index (χ0) is 15.7. The maximum atomic E-state index is 12.2. The fraction of sp³-hybridized carbons (Fsp3) is 0.625. The van der Waals surface area contributed by atoms with E-state index < -0.39 is 0 Å². The van der Waals surface area contributed by atoms with E-state index in [4.69, 9.17) is 4.74 Å². The van der Waals surface area contributed by atoms with E-state index in [1.54, 1.807) is 13.2 Å². The van der Waals surface area contributed by atoms with Crippen molar-refractivity contribution in [1.29, 1.82) is 0 Å². The molecule has 0 atom stereocenters. The van der Waals surface area contributed by atoms with Crippen molar-refractivity contribution in [3.63, 3.8) is 0 Å². The summed E-state index contributed by atoms with van der Waals surface area (Å²) < 4.78 is 4.99. The van der Waals surface area contributed by atoms with E-state index in [1.165, 1.54) is 0 Å². The predicted octanol–water partition coefficient (Wildman–Crippen LogP) is 2.79. The monoisotopic (exact) mass is 293 g/mol. The van der Waals surface area contributed by atoms with Gasteiger partial charge in [0.15, 0.2) is 0 Å². The van der Waals surface area contributed by atoms with E-state index in [1.807, 2.05) is 13.0 Å². The Bertz CT molecular complexity index is 447. The van der Waals surface area contributed by atoms with Crippen molar-refractivity contribution in [3.05, 3.63) is 23.4 Å². The smallest absolute Gasteiger partial charge is 0.251 e. The summed E-state index contributed by atoms with van der Waals surface area (Å²) in [6, 6.07) is 3.68. The molecule has 0 aliphatic carbocycles. The highest BCUT2D eigenvalue weighted by Crippen LogP contribution is 2.17. The van der Waals surface area contributed by atoms with E-state index in [-0.39, 0.29) is 11.8 Å². The molecule has 0 bridgehead atoms. The number of hydrogen-bond acceptors (Lipinski definition) is 4. The third-order valence-corrected chi connectivity index (χ3v) is 3.12. The van der Waals surface area contributed by atoms with Gasteiger partial charge in [-0.2, -0.15) is 0 Å². The predicted molar refractivity (Wildman–Crippen MR) is 85.9 cm³/mol. The van der Waals surface area contributed by atoms with Crippen LogP contribution in [0, 0.1) is 0 Å². The summed E-state index contributed by atoms with van der Waals surface area (Å²) in [6.07, 6.45) is 1.87. The maximum absolute atomic E-state index is 12.2. The lowest BCUT2D eigenvalue weighted by Gasteiger charge is -2.12. The van der Waals surface area contributed by atoms with Gasteiger partial charge in [-0.25, -0.2) is 4.98 Å². The Hall–Kier alpha value is -1.62. The van der Waals surface area contributed by atoms with Gasteiger partial charge in [-0.05, 0) is 37.8 Å². The average molecular weight is 293 g/mol. The topological polar surface area (TPSA) is 63.2 Å². The maximum Gasteiger partial charge on any atom is 0.251 e. The molecule has 0 fully saturated rings. The Morgan fingerprint density at radius 2 is 2.10 bits per heavy atom. The van der Waals surface area contributed by atoms with Crippen LogP contribution in [0.4, 0.5) is 5.82 Å². The highest BCUT2D eigenvalue weighted by atomic mass is 16.5. The number of unbranched alkanes of at least 4 members (excludes halogenated alkanes) is 1. The molecule has 0 saturated heterocycles. The van der Waals surface area contributed by atoms with E-state index in [9.17, 15) is 4.79 Å². The zero-order valence-electron chi connectivity index (χ0n) is 13.5. The minimum Gasteiger partial charge on any atom is -0.385 e. The molecule has 1 amide bonds. The molecule has 5 nitrogen and oxygen atoms in total. The highest BCUT2D eigenvalue weighted by molar-refractivity contribution is 5.95. The minimum atomic E-state index is -0.0455. The molecule has 5 heteroatoms. The normalized spacial score (nSPS) is 10.7. The molecule has 0 radical (unpaired) electrons. The van der Waals surface area contributed by atoms with Crippen LogP contribution in [-0.2, 0) is 4.74 Å². The number of rotatable bonds is 9. The van der Waals surface area contributed by atoms with Gasteiger partial charge < -0.3 is 15.4 Å². The number of aromatic nitrogens is 1. The summed E-state index contributed by atoms with van der Waals surface area (Å²) in [6.45, 7) is 8.34. The first-order valence-corrected chi connectivity index (χ1v) is 7.61. The van der Waals surface area contributed by atoms with Crippen molar-refractivity contribution in [3.8, 4) is 0 Å². The van der Waals surface area contributed by atoms with Crippen molar-refractivity contribution in [2.24, 2.45) is 0 Å². The van der Waals surface area contributed by atoms with Gasteiger partial charge >= 0.3 is 0 Å². The number of nitrogens with one attached hydrogen (secondary N) is 2. The van der Waals surface area contributed by atoms with Crippen molar-refractivity contribution in [1.82, 2.24) is 10.3 Å². The lowest BCUT2D eigenvalue weighted by Crippen LogP contribution is -2.25. The number of amides is 1. The Balaban J connectivity index is 2.68. The molecular weight excluding hydrogens is 266 g/mol. The Morgan fingerprint density at radius 1 is 1.33 bits per heavy atom. The number of methoxy groups -OCH3 is 1. The van der Waals surface area contributed by atoms with Gasteiger partial charge in [-0.3, -0.25) is 4.79 Å². The molecule has 0 saturated carbocycles. The second-order valence-corrected chi connectivity index (χ2v) is 5.31. The van der Waals surface area contributed by atoms with E-state index in [0.717, 1.165) is 37.5 Å². The molecular formula is C16H27N3O2. The molecule has 0 unspecified atom stereocenters. The van der Waals surface area contributed by atoms with Crippen LogP contribution in [-0.4, -0.2) is 37.7 Å². The van der Waals surface area contributed by atoms with Crippen molar-refractivity contribution >= 4 is 11.7 Å². The molecule has 1 rings (SSSR count). The lowest BCUT2D eigenvalue weighted by atomic mass is 10.1. The van der Waals surface area contributed by atoms with Crippen LogP contribution in [0.1, 0.15) is 55.6 Å². The van der Waals surface area contributed by atoms with Crippen LogP contribution in [0.5, 0.6) is 0 Å². The third kappa shape index (κ3) is 6.12. The van der Waals surface area contributed by atoms with Crippen LogP contribution in [0.25, 0.3) is 0 Å². The third-order valence-electron chi connectivity index (χ3n) is 3.12. The summed E-state index contributed by atoms with van der Waals surface area (Å²) in [4.78, 5) is 16.7. The molecule has 0 aromatic carbocycles. The van der Waals surface area contributed by atoms with Crippen LogP contribution in [0.3, 0.4) is 0 Å². The number of carbonyl (C=O) groups excluding carboxylic acids is 1. The number of pyridine rings is 1. The Labute approximate surface area is 127 Å². The molecule has 1 aromatic heterocycles. The minimum absolute atomic E-state index is 0.0455. The first kappa shape index (κ1) is 17.4. The average Bonchev–Trinajstić information content (AvgIpc) is 2.46. The molecule has 0 spiro atoms. The van der Waals surface area contributed by atoms with Gasteiger partial charge in [0.05, 0.1) is 0 Å². The summed E-state index contributed by atoms with van der Waals surface area (Å²) in [7, 11) is 1.69. The number of carbonyl (C=O) groups is 1. The van der Waals surface area contributed by atoms with E-state index in [0.29, 0.717) is 12.1 Å². The van der Waals surface area contributed by atoms with E-state index in [2.05, 4.69) is 29.5 Å². The molecule has 1 aromatic rings. The van der Waals surface area contributed by atoms with Gasteiger partial charge in [0, 0.05) is 38.1 Å². The number of anilines is 1. The van der Waals surface area contributed by atoms with E-state index >= 15 is 0 Å². The van der Waals surface area contributed by atoms with Crippen molar-refractivity contribution in [2.45, 2.75) is 39.5 Å². The van der Waals surface area contributed by atoms with Crippen molar-refractivity contribution in [2.75, 3.05) is 32.1 Å². The fourth-order valence-corrected chi connectivity index (χ4v) is 1.93. The van der Waals surface area contributed by atoms with Crippen LogP contribution in [0.2, 0.25) is 0 Å². The molecule has 0 aliphatic heterocycles. The second-order valence-electron chi connectivity index (χ2n) is 5.31. The summed E-state index contributed by atoms with van der Waals surface area (Å²) >= 11 is 0. The SMILES string of the molecule is CCNc1cc(C(=O)NCCCCOC)cc(C(C)C)n1. The van der Waals surface area contributed by atoms with Crippen LogP contribution >= 0.6 is 0 Å². The highest BCUT2D eigenvalue weighted by Gasteiger charge is 2.11. The van der Waals surface area contributed by atoms with Gasteiger partial charge in [0.2, 0.25) is 0 Å². The summed E-state index contributed by atoms with van der Waals surface area (Å²) in [5.74, 6) is 1.00. The quantitative estimate of drug-likeness (QED) is 0.687. The zero-order valence-corrected chi connectivity index (χ0v) is 13.5. The van der Waals surface area contributed by atoms with Gasteiger partial charge in [0.25, 0.3) is 5.91 Å². The first-order chi connectivity index (χ1) is 10.1. The van der Waals surface area contributed by atoms with Crippen LogP contribution < -0.4 is 10.6 Å². The van der Waals surface area contributed by atoms with Crippen LogP contribution in [0.15, 0.2) is 12.1 Å². The largest absolute Gasteiger partial charge is 0.385 e. The fourth-order valence-electron chi connectivity index (χ4n) is 1.93. The summed E-state index contributed by atoms with van der Waals surface area (Å²) in [5, 5.41) is 6.12. The molecule has 1 heterocycles. The lowest BCUT2D eigenvalue weighted by molar-refractivity contribution is 0.0951. The molecule has 2 N–H and O–H groups in total. The summed E-state index contributed by atoms with van der Waals surface area (Å²) in [5.41, 5.74) is 1.59. The van der Waals surface area contributed by atoms with Crippen molar-refractivity contribution < 1.29 is 9.53 Å².